The maximum Gasteiger partial charge on any atom is 0.222 e. The first-order chi connectivity index (χ1) is 5.33. The van der Waals surface area contributed by atoms with Crippen LogP contribution in [0.1, 0.15) is 6.42 Å². The van der Waals surface area contributed by atoms with Gasteiger partial charge in [0.2, 0.25) is 5.91 Å². The van der Waals surface area contributed by atoms with Crippen molar-refractivity contribution in [2.75, 3.05) is 26.9 Å². The number of amides is 1. The number of hydrogen-bond acceptors (Lipinski definition) is 3. The number of nitrogens with one attached hydrogen (secondary N) is 1. The summed E-state index contributed by atoms with van der Waals surface area (Å²) in [5, 5.41) is 2.81. The van der Waals surface area contributed by atoms with Crippen LogP contribution in [0, 0.1) is 0 Å². The van der Waals surface area contributed by atoms with E-state index in [9.17, 15) is 4.79 Å². The molecule has 0 bridgehead atoms. The summed E-state index contributed by atoms with van der Waals surface area (Å²) in [5.41, 5.74) is 0. The molecule has 1 saturated heterocycles. The summed E-state index contributed by atoms with van der Waals surface area (Å²) in [7, 11) is 1.58. The van der Waals surface area contributed by atoms with Crippen LogP contribution in [0.3, 0.4) is 0 Å². The van der Waals surface area contributed by atoms with Crippen LogP contribution in [0.5, 0.6) is 0 Å². The minimum absolute atomic E-state index is 0.0418. The van der Waals surface area contributed by atoms with E-state index < -0.39 is 0 Å². The summed E-state index contributed by atoms with van der Waals surface area (Å²) in [6.45, 7) is 1.79. The van der Waals surface area contributed by atoms with Gasteiger partial charge in [-0.05, 0) is 0 Å². The van der Waals surface area contributed by atoms with Gasteiger partial charge in [-0.3, -0.25) is 4.79 Å². The van der Waals surface area contributed by atoms with Crippen molar-refractivity contribution in [3.63, 3.8) is 0 Å². The van der Waals surface area contributed by atoms with E-state index in [1.54, 1.807) is 7.11 Å². The standard InChI is InChI=1S/C7H13NO3/c1-10-3-2-7(9)8-6-4-11-5-6/h6H,2-5H2,1H3,(H,8,9). The fourth-order valence-corrected chi connectivity index (χ4v) is 0.814. The molecule has 64 valence electrons. The maximum absolute atomic E-state index is 11.0. The molecular formula is C7H13NO3. The smallest absolute Gasteiger partial charge is 0.222 e. The molecule has 0 unspecified atom stereocenters. The fraction of sp³-hybridized carbons (Fsp3) is 0.857. The first-order valence-corrected chi connectivity index (χ1v) is 3.69. The van der Waals surface area contributed by atoms with E-state index in [-0.39, 0.29) is 11.9 Å². The zero-order valence-electron chi connectivity index (χ0n) is 6.63. The highest BCUT2D eigenvalue weighted by Gasteiger charge is 2.19. The SMILES string of the molecule is COCCC(=O)NC1COC1. The Morgan fingerprint density at radius 2 is 2.45 bits per heavy atom. The van der Waals surface area contributed by atoms with Crippen molar-refractivity contribution < 1.29 is 14.3 Å². The van der Waals surface area contributed by atoms with Crippen LogP contribution in [0.25, 0.3) is 0 Å². The van der Waals surface area contributed by atoms with Gasteiger partial charge in [0.25, 0.3) is 0 Å². The van der Waals surface area contributed by atoms with E-state index in [1.165, 1.54) is 0 Å². The number of methoxy groups -OCH3 is 1. The van der Waals surface area contributed by atoms with Gasteiger partial charge >= 0.3 is 0 Å². The van der Waals surface area contributed by atoms with E-state index in [0.29, 0.717) is 26.2 Å². The number of hydrogen-bond donors (Lipinski definition) is 1. The molecule has 0 saturated carbocycles. The first kappa shape index (κ1) is 8.49. The average Bonchev–Trinajstić information content (AvgIpc) is 1.93. The third-order valence-electron chi connectivity index (χ3n) is 1.54. The second-order valence-corrected chi connectivity index (χ2v) is 2.54. The summed E-state index contributed by atoms with van der Waals surface area (Å²) in [6.07, 6.45) is 0.438. The Balaban J connectivity index is 2.00. The third kappa shape index (κ3) is 2.86. The Bertz CT molecular complexity index is 134. The van der Waals surface area contributed by atoms with E-state index in [1.807, 2.05) is 0 Å². The lowest BCUT2D eigenvalue weighted by Gasteiger charge is -2.26. The van der Waals surface area contributed by atoms with Crippen LogP contribution in [-0.2, 0) is 14.3 Å². The van der Waals surface area contributed by atoms with Crippen LogP contribution < -0.4 is 5.32 Å². The summed E-state index contributed by atoms with van der Waals surface area (Å²) in [6, 6.07) is 0.236. The van der Waals surface area contributed by atoms with Crippen molar-refractivity contribution >= 4 is 5.91 Å². The molecule has 0 atom stereocenters. The summed E-state index contributed by atoms with van der Waals surface area (Å²) >= 11 is 0. The highest BCUT2D eigenvalue weighted by molar-refractivity contribution is 5.76. The Morgan fingerprint density at radius 1 is 1.73 bits per heavy atom. The molecule has 1 N–H and O–H groups in total. The molecule has 0 aromatic carbocycles. The molecule has 1 heterocycles. The molecule has 4 nitrogen and oxygen atoms in total. The minimum atomic E-state index is 0.0418. The number of rotatable bonds is 4. The highest BCUT2D eigenvalue weighted by atomic mass is 16.5. The largest absolute Gasteiger partial charge is 0.384 e. The molecule has 0 aromatic rings. The Labute approximate surface area is 65.9 Å². The summed E-state index contributed by atoms with van der Waals surface area (Å²) < 4.78 is 9.65. The van der Waals surface area contributed by atoms with Gasteiger partial charge in [0.05, 0.1) is 25.9 Å². The number of ether oxygens (including phenoxy) is 2. The topological polar surface area (TPSA) is 47.6 Å². The van der Waals surface area contributed by atoms with Gasteiger partial charge in [-0.15, -0.1) is 0 Å². The molecule has 0 radical (unpaired) electrons. The second kappa shape index (κ2) is 4.31. The van der Waals surface area contributed by atoms with Crippen LogP contribution >= 0.6 is 0 Å². The van der Waals surface area contributed by atoms with Crippen molar-refractivity contribution in [1.29, 1.82) is 0 Å². The monoisotopic (exact) mass is 159 g/mol. The van der Waals surface area contributed by atoms with Gasteiger partial charge in [0, 0.05) is 13.5 Å². The number of carbonyl (C=O) groups excluding carboxylic acids is 1. The molecule has 1 aliphatic rings. The third-order valence-corrected chi connectivity index (χ3v) is 1.54. The summed E-state index contributed by atoms with van der Waals surface area (Å²) in [4.78, 5) is 11.0. The molecule has 0 aliphatic carbocycles. The molecule has 1 fully saturated rings. The quantitative estimate of drug-likeness (QED) is 0.603. The normalized spacial score (nSPS) is 17.5. The van der Waals surface area contributed by atoms with Gasteiger partial charge in [-0.1, -0.05) is 0 Å². The van der Waals surface area contributed by atoms with Crippen LogP contribution in [0.15, 0.2) is 0 Å². The Kier molecular flexibility index (Phi) is 3.32. The lowest BCUT2D eigenvalue weighted by Crippen LogP contribution is -2.48. The van der Waals surface area contributed by atoms with Crippen molar-refractivity contribution in [3.05, 3.63) is 0 Å². The van der Waals surface area contributed by atoms with Gasteiger partial charge in [-0.2, -0.15) is 0 Å². The van der Waals surface area contributed by atoms with Gasteiger partial charge in [0.15, 0.2) is 0 Å². The van der Waals surface area contributed by atoms with E-state index in [4.69, 9.17) is 9.47 Å². The van der Waals surface area contributed by atoms with Crippen LogP contribution in [0.4, 0.5) is 0 Å². The molecule has 1 amide bonds. The van der Waals surface area contributed by atoms with Crippen molar-refractivity contribution in [3.8, 4) is 0 Å². The van der Waals surface area contributed by atoms with E-state index >= 15 is 0 Å². The molecule has 0 aromatic heterocycles. The van der Waals surface area contributed by atoms with Gasteiger partial charge < -0.3 is 14.8 Å². The Morgan fingerprint density at radius 3 is 2.91 bits per heavy atom. The molecular weight excluding hydrogens is 146 g/mol. The second-order valence-electron chi connectivity index (χ2n) is 2.54. The van der Waals surface area contributed by atoms with Gasteiger partial charge in [-0.25, -0.2) is 0 Å². The zero-order valence-corrected chi connectivity index (χ0v) is 6.63. The fourth-order valence-electron chi connectivity index (χ4n) is 0.814. The molecule has 0 spiro atoms. The molecule has 4 heteroatoms. The van der Waals surface area contributed by atoms with Crippen LogP contribution in [0.2, 0.25) is 0 Å². The van der Waals surface area contributed by atoms with Crippen molar-refractivity contribution in [2.45, 2.75) is 12.5 Å². The predicted molar refractivity (Wildman–Crippen MR) is 39.2 cm³/mol. The molecule has 11 heavy (non-hydrogen) atoms. The highest BCUT2D eigenvalue weighted by Crippen LogP contribution is 1.99. The average molecular weight is 159 g/mol. The lowest BCUT2D eigenvalue weighted by molar-refractivity contribution is -0.126. The zero-order chi connectivity index (χ0) is 8.10. The van der Waals surface area contributed by atoms with E-state index in [0.717, 1.165) is 0 Å². The lowest BCUT2D eigenvalue weighted by atomic mass is 10.2. The van der Waals surface area contributed by atoms with Crippen LogP contribution in [-0.4, -0.2) is 38.9 Å². The molecule has 1 aliphatic heterocycles. The first-order valence-electron chi connectivity index (χ1n) is 3.69. The predicted octanol–water partition coefficient (Wildman–Crippen LogP) is -0.462. The van der Waals surface area contributed by atoms with Crippen molar-refractivity contribution in [2.24, 2.45) is 0 Å². The number of carbonyl (C=O) groups is 1. The molecule has 1 rings (SSSR count). The minimum Gasteiger partial charge on any atom is -0.384 e. The van der Waals surface area contributed by atoms with E-state index in [2.05, 4.69) is 5.32 Å². The maximum atomic E-state index is 11.0. The Hall–Kier alpha value is -0.610. The van der Waals surface area contributed by atoms with Crippen molar-refractivity contribution in [1.82, 2.24) is 5.32 Å². The van der Waals surface area contributed by atoms with Gasteiger partial charge in [0.1, 0.15) is 0 Å². The summed E-state index contributed by atoms with van der Waals surface area (Å²) in [5.74, 6) is 0.0418.